The van der Waals surface area contributed by atoms with Crippen LogP contribution in [0.3, 0.4) is 0 Å². The summed E-state index contributed by atoms with van der Waals surface area (Å²) in [5, 5.41) is 0. The number of allylic oxidation sites excluding steroid dienone is 1. The summed E-state index contributed by atoms with van der Waals surface area (Å²) in [6, 6.07) is 21.6. The van der Waals surface area contributed by atoms with E-state index in [1.165, 1.54) is 16.7 Å². The van der Waals surface area contributed by atoms with E-state index in [-0.39, 0.29) is 0 Å². The smallest absolute Gasteiger partial charge is 0.0118 e. The van der Waals surface area contributed by atoms with Crippen LogP contribution >= 0.6 is 0 Å². The van der Waals surface area contributed by atoms with Gasteiger partial charge in [0.05, 0.1) is 0 Å². The van der Waals surface area contributed by atoms with Gasteiger partial charge in [-0.3, -0.25) is 0 Å². The summed E-state index contributed by atoms with van der Waals surface area (Å²) < 4.78 is 0. The van der Waals surface area contributed by atoms with Crippen LogP contribution in [0, 0.1) is 5.92 Å². The first-order valence-corrected chi connectivity index (χ1v) is 6.92. The highest BCUT2D eigenvalue weighted by atomic mass is 14.2. The maximum atomic E-state index is 4.06. The minimum atomic E-state index is 0.444. The summed E-state index contributed by atoms with van der Waals surface area (Å²) in [6.07, 6.45) is 1.06. The fraction of sp³-hybridized carbons (Fsp3) is 0.263. The average Bonchev–Trinajstić information content (AvgIpc) is 2.40. The van der Waals surface area contributed by atoms with Crippen molar-refractivity contribution in [3.63, 3.8) is 0 Å². The van der Waals surface area contributed by atoms with E-state index < -0.39 is 0 Å². The molecule has 0 N–H and O–H groups in total. The van der Waals surface area contributed by atoms with Crippen molar-refractivity contribution in [1.29, 1.82) is 0 Å². The van der Waals surface area contributed by atoms with Gasteiger partial charge in [-0.1, -0.05) is 73.2 Å². The predicted molar refractivity (Wildman–Crippen MR) is 83.3 cm³/mol. The van der Waals surface area contributed by atoms with Gasteiger partial charge < -0.3 is 0 Å². The monoisotopic (exact) mass is 250 g/mol. The number of rotatable bonds is 5. The van der Waals surface area contributed by atoms with E-state index in [0.717, 1.165) is 6.42 Å². The molecule has 0 aliphatic carbocycles. The lowest BCUT2D eigenvalue weighted by molar-refractivity contribution is 0.508. The zero-order chi connectivity index (χ0) is 13.7. The maximum absolute atomic E-state index is 4.06. The van der Waals surface area contributed by atoms with E-state index in [2.05, 4.69) is 81.1 Å². The van der Waals surface area contributed by atoms with Gasteiger partial charge in [-0.25, -0.2) is 0 Å². The lowest BCUT2D eigenvalue weighted by Gasteiger charge is -2.25. The summed E-state index contributed by atoms with van der Waals surface area (Å²) >= 11 is 0. The molecule has 0 aliphatic rings. The van der Waals surface area contributed by atoms with E-state index in [9.17, 15) is 0 Å². The largest absolute Gasteiger partial charge is 0.100 e. The SMILES string of the molecule is C=C(C)CC(C)C(c1ccccc1)c1ccccc1. The molecule has 0 heterocycles. The Labute approximate surface area is 116 Å². The second-order valence-electron chi connectivity index (χ2n) is 5.44. The number of benzene rings is 2. The van der Waals surface area contributed by atoms with Crippen molar-refractivity contribution < 1.29 is 0 Å². The Kier molecular flexibility index (Phi) is 4.57. The van der Waals surface area contributed by atoms with Crippen LogP contribution in [0.1, 0.15) is 37.3 Å². The van der Waals surface area contributed by atoms with E-state index >= 15 is 0 Å². The molecule has 0 aromatic heterocycles. The molecule has 0 aliphatic heterocycles. The van der Waals surface area contributed by atoms with Crippen molar-refractivity contribution in [2.24, 2.45) is 5.92 Å². The minimum Gasteiger partial charge on any atom is -0.100 e. The fourth-order valence-electron chi connectivity index (χ4n) is 2.84. The summed E-state index contributed by atoms with van der Waals surface area (Å²) in [4.78, 5) is 0. The Morgan fingerprint density at radius 1 is 0.895 bits per heavy atom. The lowest BCUT2D eigenvalue weighted by atomic mass is 9.79. The number of hydrogen-bond donors (Lipinski definition) is 0. The third-order valence-corrected chi connectivity index (χ3v) is 3.56. The van der Waals surface area contributed by atoms with Crippen molar-refractivity contribution in [2.45, 2.75) is 26.2 Å². The predicted octanol–water partition coefficient (Wildman–Crippen LogP) is 5.42. The molecule has 0 heteroatoms. The quantitative estimate of drug-likeness (QED) is 0.621. The van der Waals surface area contributed by atoms with E-state index in [4.69, 9.17) is 0 Å². The molecular formula is C19H22. The number of hydrogen-bond acceptors (Lipinski definition) is 0. The van der Waals surface area contributed by atoms with E-state index in [0.29, 0.717) is 11.8 Å². The van der Waals surface area contributed by atoms with Crippen LogP contribution in [-0.4, -0.2) is 0 Å². The average molecular weight is 250 g/mol. The second-order valence-corrected chi connectivity index (χ2v) is 5.44. The van der Waals surface area contributed by atoms with Crippen LogP contribution < -0.4 is 0 Å². The molecule has 0 spiro atoms. The molecule has 0 saturated heterocycles. The first-order valence-electron chi connectivity index (χ1n) is 6.92. The van der Waals surface area contributed by atoms with Crippen molar-refractivity contribution in [2.75, 3.05) is 0 Å². The van der Waals surface area contributed by atoms with Crippen molar-refractivity contribution in [1.82, 2.24) is 0 Å². The third-order valence-electron chi connectivity index (χ3n) is 3.56. The molecule has 0 amide bonds. The molecule has 1 unspecified atom stereocenters. The standard InChI is InChI=1S/C19H22/c1-15(2)14-16(3)19(17-10-6-4-7-11-17)18-12-8-5-9-13-18/h4-13,16,19H,1,14H2,2-3H3. The molecule has 0 radical (unpaired) electrons. The summed E-state index contributed by atoms with van der Waals surface area (Å²) in [5.41, 5.74) is 4.04. The van der Waals surface area contributed by atoms with Crippen LogP contribution in [0.5, 0.6) is 0 Å². The molecule has 19 heavy (non-hydrogen) atoms. The summed E-state index contributed by atoms with van der Waals surface area (Å²) in [6.45, 7) is 8.50. The fourth-order valence-corrected chi connectivity index (χ4v) is 2.84. The molecule has 1 atom stereocenters. The molecule has 0 fully saturated rings. The minimum absolute atomic E-state index is 0.444. The zero-order valence-electron chi connectivity index (χ0n) is 11.8. The topological polar surface area (TPSA) is 0 Å². The van der Waals surface area contributed by atoms with Crippen molar-refractivity contribution in [3.8, 4) is 0 Å². The highest BCUT2D eigenvalue weighted by Gasteiger charge is 2.20. The molecule has 98 valence electrons. The van der Waals surface area contributed by atoms with Crippen LogP contribution in [0.4, 0.5) is 0 Å². The van der Waals surface area contributed by atoms with Gasteiger partial charge in [-0.05, 0) is 30.4 Å². The van der Waals surface area contributed by atoms with E-state index in [1.807, 2.05) is 0 Å². The molecule has 0 bridgehead atoms. The normalized spacial score (nSPS) is 12.4. The molecule has 2 aromatic carbocycles. The summed E-state index contributed by atoms with van der Waals surface area (Å²) in [5.74, 6) is 1.00. The Morgan fingerprint density at radius 2 is 1.32 bits per heavy atom. The second kappa shape index (κ2) is 6.38. The van der Waals surface area contributed by atoms with Gasteiger partial charge in [-0.2, -0.15) is 0 Å². The lowest BCUT2D eigenvalue weighted by Crippen LogP contribution is -2.12. The Morgan fingerprint density at radius 3 is 1.68 bits per heavy atom. The summed E-state index contributed by atoms with van der Waals surface area (Å²) in [7, 11) is 0. The zero-order valence-corrected chi connectivity index (χ0v) is 11.8. The molecular weight excluding hydrogens is 228 g/mol. The first kappa shape index (κ1) is 13.6. The van der Waals surface area contributed by atoms with Gasteiger partial charge in [0.25, 0.3) is 0 Å². The van der Waals surface area contributed by atoms with Gasteiger partial charge in [0.15, 0.2) is 0 Å². The van der Waals surface area contributed by atoms with Gasteiger partial charge in [0.1, 0.15) is 0 Å². The van der Waals surface area contributed by atoms with Crippen molar-refractivity contribution in [3.05, 3.63) is 83.9 Å². The van der Waals surface area contributed by atoms with E-state index in [1.54, 1.807) is 0 Å². The molecule has 2 rings (SSSR count). The van der Waals surface area contributed by atoms with Gasteiger partial charge >= 0.3 is 0 Å². The molecule has 0 nitrogen and oxygen atoms in total. The van der Waals surface area contributed by atoms with Crippen LogP contribution in [0.15, 0.2) is 72.8 Å². The van der Waals surface area contributed by atoms with Gasteiger partial charge in [-0.15, -0.1) is 6.58 Å². The van der Waals surface area contributed by atoms with Crippen LogP contribution in [0.25, 0.3) is 0 Å². The third kappa shape index (κ3) is 3.57. The van der Waals surface area contributed by atoms with Gasteiger partial charge in [0, 0.05) is 5.92 Å². The Balaban J connectivity index is 2.37. The molecule has 2 aromatic rings. The van der Waals surface area contributed by atoms with Crippen LogP contribution in [0.2, 0.25) is 0 Å². The molecule has 0 saturated carbocycles. The van der Waals surface area contributed by atoms with Crippen molar-refractivity contribution >= 4 is 0 Å². The Hall–Kier alpha value is -1.82. The van der Waals surface area contributed by atoms with Crippen LogP contribution in [-0.2, 0) is 0 Å². The Bertz CT molecular complexity index is 471. The highest BCUT2D eigenvalue weighted by Crippen LogP contribution is 2.34. The van der Waals surface area contributed by atoms with Gasteiger partial charge in [0.2, 0.25) is 0 Å². The highest BCUT2D eigenvalue weighted by molar-refractivity contribution is 5.33. The maximum Gasteiger partial charge on any atom is 0.0118 e. The first-order chi connectivity index (χ1) is 9.18.